The first-order chi connectivity index (χ1) is 12.4. The molecule has 0 unspecified atom stereocenters. The molecule has 0 atom stereocenters. The second-order valence-corrected chi connectivity index (χ2v) is 6.86. The number of aromatic nitrogens is 2. The van der Waals surface area contributed by atoms with Crippen LogP contribution in [0.25, 0.3) is 0 Å². The molecule has 0 N–H and O–H groups in total. The quantitative estimate of drug-likeness (QED) is 0.807. The molecule has 0 amide bonds. The van der Waals surface area contributed by atoms with E-state index >= 15 is 0 Å². The summed E-state index contributed by atoms with van der Waals surface area (Å²) in [5.74, 6) is 0.833. The Morgan fingerprint density at radius 2 is 1.96 bits per heavy atom. The van der Waals surface area contributed by atoms with Crippen molar-refractivity contribution < 1.29 is 13.2 Å². The highest BCUT2D eigenvalue weighted by Gasteiger charge is 2.31. The van der Waals surface area contributed by atoms with Crippen LogP contribution in [0.1, 0.15) is 24.0 Å². The van der Waals surface area contributed by atoms with Gasteiger partial charge in [0.1, 0.15) is 5.82 Å². The largest absolute Gasteiger partial charge is 0.416 e. The minimum Gasteiger partial charge on any atom is -0.359 e. The van der Waals surface area contributed by atoms with Gasteiger partial charge in [-0.05, 0) is 55.6 Å². The van der Waals surface area contributed by atoms with Crippen LogP contribution >= 0.6 is 0 Å². The fourth-order valence-corrected chi connectivity index (χ4v) is 3.36. The normalized spacial score (nSPS) is 16.6. The Kier molecular flexibility index (Phi) is 5.76. The molecule has 26 heavy (non-hydrogen) atoms. The third kappa shape index (κ3) is 4.94. The van der Waals surface area contributed by atoms with E-state index in [-0.39, 0.29) is 0 Å². The SMILES string of the molecule is CN(CC1CCN(Cc2cccnc2)CC1)c1cc(C(F)(F)F)ccn1. The van der Waals surface area contributed by atoms with Gasteiger partial charge in [0, 0.05) is 38.7 Å². The lowest BCUT2D eigenvalue weighted by Crippen LogP contribution is -2.37. The van der Waals surface area contributed by atoms with E-state index in [9.17, 15) is 13.2 Å². The maximum absolute atomic E-state index is 12.9. The summed E-state index contributed by atoms with van der Waals surface area (Å²) in [7, 11) is 1.81. The molecule has 0 aromatic carbocycles. The highest BCUT2D eigenvalue weighted by atomic mass is 19.4. The molecule has 1 saturated heterocycles. The van der Waals surface area contributed by atoms with Gasteiger partial charge in [0.2, 0.25) is 0 Å². The van der Waals surface area contributed by atoms with Gasteiger partial charge in [-0.2, -0.15) is 13.2 Å². The minimum absolute atomic E-state index is 0.373. The van der Waals surface area contributed by atoms with Gasteiger partial charge in [-0.1, -0.05) is 6.07 Å². The van der Waals surface area contributed by atoms with Gasteiger partial charge in [-0.25, -0.2) is 4.98 Å². The highest BCUT2D eigenvalue weighted by Crippen LogP contribution is 2.31. The lowest BCUT2D eigenvalue weighted by molar-refractivity contribution is -0.137. The Balaban J connectivity index is 1.51. The number of hydrogen-bond donors (Lipinski definition) is 0. The van der Waals surface area contributed by atoms with Gasteiger partial charge in [0.15, 0.2) is 0 Å². The lowest BCUT2D eigenvalue weighted by Gasteiger charge is -2.34. The van der Waals surface area contributed by atoms with Crippen LogP contribution in [0.2, 0.25) is 0 Å². The predicted octanol–water partition coefficient (Wildman–Crippen LogP) is 3.84. The molecular weight excluding hydrogens is 341 g/mol. The Hall–Kier alpha value is -2.15. The van der Waals surface area contributed by atoms with E-state index < -0.39 is 11.7 Å². The van der Waals surface area contributed by atoms with Crippen molar-refractivity contribution in [3.63, 3.8) is 0 Å². The number of pyridine rings is 2. The molecule has 0 saturated carbocycles. The first-order valence-electron chi connectivity index (χ1n) is 8.77. The molecule has 140 valence electrons. The third-order valence-corrected chi connectivity index (χ3v) is 4.83. The fraction of sp³-hybridized carbons (Fsp3) is 0.474. The topological polar surface area (TPSA) is 32.3 Å². The number of hydrogen-bond acceptors (Lipinski definition) is 4. The second-order valence-electron chi connectivity index (χ2n) is 6.86. The molecule has 2 aromatic rings. The zero-order chi connectivity index (χ0) is 18.6. The van der Waals surface area contributed by atoms with Crippen molar-refractivity contribution in [3.8, 4) is 0 Å². The number of anilines is 1. The second kappa shape index (κ2) is 8.03. The van der Waals surface area contributed by atoms with Crippen LogP contribution in [0, 0.1) is 5.92 Å². The summed E-state index contributed by atoms with van der Waals surface area (Å²) in [5.41, 5.74) is 0.553. The molecule has 0 aliphatic carbocycles. The van der Waals surface area contributed by atoms with Gasteiger partial charge in [-0.15, -0.1) is 0 Å². The zero-order valence-electron chi connectivity index (χ0n) is 14.8. The van der Waals surface area contributed by atoms with Crippen LogP contribution in [0.4, 0.5) is 19.0 Å². The van der Waals surface area contributed by atoms with E-state index in [1.165, 1.54) is 11.8 Å². The van der Waals surface area contributed by atoms with E-state index in [1.807, 2.05) is 24.2 Å². The molecule has 3 rings (SSSR count). The Bertz CT molecular complexity index is 697. The molecular formula is C19H23F3N4. The van der Waals surface area contributed by atoms with Crippen molar-refractivity contribution >= 4 is 5.82 Å². The Morgan fingerprint density at radius 1 is 1.19 bits per heavy atom. The minimum atomic E-state index is -4.34. The van der Waals surface area contributed by atoms with Crippen LogP contribution in [0.5, 0.6) is 0 Å². The standard InChI is InChI=1S/C19H23F3N4/c1-25(18-11-17(4-8-24-18)19(20,21)22)13-15-5-9-26(10-6-15)14-16-3-2-7-23-12-16/h2-4,7-8,11-12,15H,5-6,9-10,13-14H2,1H3. The lowest BCUT2D eigenvalue weighted by atomic mass is 9.96. The van der Waals surface area contributed by atoms with Gasteiger partial charge < -0.3 is 4.90 Å². The summed E-state index contributed by atoms with van der Waals surface area (Å²) < 4.78 is 38.6. The molecule has 1 fully saturated rings. The van der Waals surface area contributed by atoms with Gasteiger partial charge >= 0.3 is 6.18 Å². The molecule has 1 aliphatic heterocycles. The summed E-state index contributed by atoms with van der Waals surface area (Å²) in [4.78, 5) is 12.5. The molecule has 3 heterocycles. The van der Waals surface area contributed by atoms with Gasteiger partial charge in [-0.3, -0.25) is 9.88 Å². The van der Waals surface area contributed by atoms with Crippen LogP contribution in [0.15, 0.2) is 42.9 Å². The van der Waals surface area contributed by atoms with Crippen molar-refractivity contribution in [2.45, 2.75) is 25.6 Å². The fourth-order valence-electron chi connectivity index (χ4n) is 3.36. The number of nitrogens with zero attached hydrogens (tertiary/aromatic N) is 4. The van der Waals surface area contributed by atoms with Gasteiger partial charge in [0.25, 0.3) is 0 Å². The summed E-state index contributed by atoms with van der Waals surface area (Å²) in [6, 6.07) is 6.15. The van der Waals surface area contributed by atoms with E-state index in [0.29, 0.717) is 11.7 Å². The molecule has 4 nitrogen and oxygen atoms in total. The molecule has 7 heteroatoms. The summed E-state index contributed by atoms with van der Waals surface area (Å²) in [6.45, 7) is 3.59. The van der Waals surface area contributed by atoms with Crippen molar-refractivity contribution in [1.29, 1.82) is 0 Å². The van der Waals surface area contributed by atoms with E-state index in [0.717, 1.165) is 51.2 Å². The van der Waals surface area contributed by atoms with Crippen LogP contribution in [-0.4, -0.2) is 41.5 Å². The average Bonchev–Trinajstić information content (AvgIpc) is 2.63. The van der Waals surface area contributed by atoms with Crippen molar-refractivity contribution in [3.05, 3.63) is 54.0 Å². The number of rotatable bonds is 5. The average molecular weight is 364 g/mol. The predicted molar refractivity (Wildman–Crippen MR) is 94.7 cm³/mol. The van der Waals surface area contributed by atoms with Crippen LogP contribution < -0.4 is 4.90 Å². The molecule has 1 aliphatic rings. The number of alkyl halides is 3. The summed E-state index contributed by atoms with van der Waals surface area (Å²) >= 11 is 0. The Labute approximate surface area is 151 Å². The summed E-state index contributed by atoms with van der Waals surface area (Å²) in [5, 5.41) is 0. The van der Waals surface area contributed by atoms with Crippen molar-refractivity contribution in [2.24, 2.45) is 5.92 Å². The van der Waals surface area contributed by atoms with Crippen molar-refractivity contribution in [1.82, 2.24) is 14.9 Å². The molecule has 0 radical (unpaired) electrons. The third-order valence-electron chi connectivity index (χ3n) is 4.83. The first kappa shape index (κ1) is 18.6. The zero-order valence-corrected chi connectivity index (χ0v) is 14.8. The Morgan fingerprint density at radius 3 is 2.62 bits per heavy atom. The number of halogens is 3. The maximum Gasteiger partial charge on any atom is 0.416 e. The van der Waals surface area contributed by atoms with Crippen LogP contribution in [-0.2, 0) is 12.7 Å². The molecule has 0 spiro atoms. The van der Waals surface area contributed by atoms with Crippen molar-refractivity contribution in [2.75, 3.05) is 31.6 Å². The van der Waals surface area contributed by atoms with Crippen LogP contribution in [0.3, 0.4) is 0 Å². The smallest absolute Gasteiger partial charge is 0.359 e. The maximum atomic E-state index is 12.9. The number of likely N-dealkylation sites (tertiary alicyclic amines) is 1. The summed E-state index contributed by atoms with van der Waals surface area (Å²) in [6.07, 6.45) is 2.61. The molecule has 0 bridgehead atoms. The monoisotopic (exact) mass is 364 g/mol. The van der Waals surface area contributed by atoms with E-state index in [4.69, 9.17) is 0 Å². The van der Waals surface area contributed by atoms with Gasteiger partial charge in [0.05, 0.1) is 5.56 Å². The first-order valence-corrected chi connectivity index (χ1v) is 8.77. The van der Waals surface area contributed by atoms with E-state index in [2.05, 4.69) is 20.9 Å². The molecule has 2 aromatic heterocycles. The number of piperidine rings is 1. The highest BCUT2D eigenvalue weighted by molar-refractivity contribution is 5.41. The van der Waals surface area contributed by atoms with E-state index in [1.54, 1.807) is 6.20 Å².